The SMILES string of the molecule is CC(=O)OC12C=C(C)C(C(C)C1)C1C(=O)N(CC(O)CN3CCN(C)CC3)C(=O)C12.Cl. The van der Waals surface area contributed by atoms with E-state index in [1.54, 1.807) is 0 Å². The van der Waals surface area contributed by atoms with E-state index < -0.39 is 29.5 Å². The number of amides is 2. The molecule has 1 N–H and O–H groups in total. The summed E-state index contributed by atoms with van der Waals surface area (Å²) in [4.78, 5) is 44.2. The van der Waals surface area contributed by atoms with Crippen molar-refractivity contribution in [3.05, 3.63) is 11.6 Å². The second-order valence-electron chi connectivity index (χ2n) is 9.69. The molecule has 9 heteroatoms. The molecule has 2 amide bonds. The lowest BCUT2D eigenvalue weighted by atomic mass is 9.54. The van der Waals surface area contributed by atoms with Gasteiger partial charge in [-0.25, -0.2) is 0 Å². The molecule has 2 saturated heterocycles. The quantitative estimate of drug-likeness (QED) is 0.367. The molecule has 6 unspecified atom stereocenters. The van der Waals surface area contributed by atoms with Crippen LogP contribution in [0.5, 0.6) is 0 Å². The number of hydrogen-bond acceptors (Lipinski definition) is 7. The van der Waals surface area contributed by atoms with E-state index in [4.69, 9.17) is 4.74 Å². The number of imide groups is 1. The van der Waals surface area contributed by atoms with Crippen LogP contribution in [0, 0.1) is 23.7 Å². The number of fused-ring (bicyclic) bond motifs is 1. The minimum Gasteiger partial charge on any atom is -0.454 e. The Balaban J connectivity index is 0.00000272. The zero-order valence-corrected chi connectivity index (χ0v) is 19.6. The average molecular weight is 456 g/mol. The van der Waals surface area contributed by atoms with Crippen molar-refractivity contribution in [3.63, 3.8) is 0 Å². The van der Waals surface area contributed by atoms with Crippen LogP contribution in [-0.2, 0) is 19.1 Å². The number of nitrogens with zero attached hydrogens (tertiary/aromatic N) is 3. The molecule has 5 rings (SSSR count). The Kier molecular flexibility index (Phi) is 6.87. The van der Waals surface area contributed by atoms with Gasteiger partial charge in [0.1, 0.15) is 5.60 Å². The average Bonchev–Trinajstić information content (AvgIpc) is 2.89. The lowest BCUT2D eigenvalue weighted by Crippen LogP contribution is -2.57. The zero-order valence-electron chi connectivity index (χ0n) is 18.7. The fourth-order valence-corrected chi connectivity index (χ4v) is 6.28. The van der Waals surface area contributed by atoms with E-state index in [1.807, 2.05) is 13.0 Å². The van der Waals surface area contributed by atoms with Crippen molar-refractivity contribution in [2.75, 3.05) is 46.3 Å². The number of ether oxygens (including phenoxy) is 1. The van der Waals surface area contributed by atoms with Crippen LogP contribution in [0.1, 0.15) is 27.2 Å². The molecule has 0 aromatic carbocycles. The number of hydrogen-bond donors (Lipinski definition) is 1. The largest absolute Gasteiger partial charge is 0.454 e. The molecule has 8 nitrogen and oxygen atoms in total. The van der Waals surface area contributed by atoms with Crippen LogP contribution in [0.25, 0.3) is 0 Å². The highest BCUT2D eigenvalue weighted by atomic mass is 35.5. The minimum absolute atomic E-state index is 0. The van der Waals surface area contributed by atoms with E-state index in [9.17, 15) is 19.5 Å². The smallest absolute Gasteiger partial charge is 0.303 e. The molecule has 0 radical (unpaired) electrons. The van der Waals surface area contributed by atoms with E-state index in [2.05, 4.69) is 23.8 Å². The first kappa shape index (κ1) is 24.2. The Morgan fingerprint density at radius 2 is 1.84 bits per heavy atom. The van der Waals surface area contributed by atoms with Crippen LogP contribution in [0.2, 0.25) is 0 Å². The molecular formula is C22H34ClN3O5. The first-order valence-electron chi connectivity index (χ1n) is 11.0. The normalized spacial score (nSPS) is 36.7. The van der Waals surface area contributed by atoms with Gasteiger partial charge in [-0.05, 0) is 38.3 Å². The molecule has 1 saturated carbocycles. The summed E-state index contributed by atoms with van der Waals surface area (Å²) in [6, 6.07) is 0. The van der Waals surface area contributed by atoms with Gasteiger partial charge in [0.2, 0.25) is 11.8 Å². The van der Waals surface area contributed by atoms with Crippen LogP contribution in [0.4, 0.5) is 0 Å². The number of likely N-dealkylation sites (N-methyl/N-ethyl adjacent to an activating group) is 1. The molecule has 5 aliphatic rings. The van der Waals surface area contributed by atoms with Crippen molar-refractivity contribution >= 4 is 30.2 Å². The lowest BCUT2D eigenvalue weighted by molar-refractivity contribution is -0.173. The fourth-order valence-electron chi connectivity index (χ4n) is 6.28. The Morgan fingerprint density at radius 1 is 1.19 bits per heavy atom. The molecule has 174 valence electrons. The van der Waals surface area contributed by atoms with Gasteiger partial charge in [-0.1, -0.05) is 12.5 Å². The van der Waals surface area contributed by atoms with Crippen molar-refractivity contribution in [3.8, 4) is 0 Å². The zero-order chi connectivity index (χ0) is 21.8. The van der Waals surface area contributed by atoms with Crippen molar-refractivity contribution < 1.29 is 24.2 Å². The minimum atomic E-state index is -1.06. The summed E-state index contributed by atoms with van der Waals surface area (Å²) in [5, 5.41) is 10.7. The highest BCUT2D eigenvalue weighted by Gasteiger charge is 2.67. The van der Waals surface area contributed by atoms with Gasteiger partial charge in [0.05, 0.1) is 24.5 Å². The molecule has 6 atom stereocenters. The third-order valence-electron chi connectivity index (χ3n) is 7.40. The number of β-amino-alcohol motifs (C(OH)–C–C–N with tert-alkyl or cyclic N) is 1. The topological polar surface area (TPSA) is 90.4 Å². The fraction of sp³-hybridized carbons (Fsp3) is 0.773. The Bertz CT molecular complexity index is 781. The molecule has 3 aliphatic carbocycles. The summed E-state index contributed by atoms with van der Waals surface area (Å²) in [6.07, 6.45) is 1.65. The van der Waals surface area contributed by atoms with E-state index in [1.165, 1.54) is 11.8 Å². The number of allylic oxidation sites excluding steroid dienone is 1. The summed E-state index contributed by atoms with van der Waals surface area (Å²) in [5.74, 6) is -2.08. The van der Waals surface area contributed by atoms with E-state index >= 15 is 0 Å². The van der Waals surface area contributed by atoms with Crippen molar-refractivity contribution in [1.82, 2.24) is 14.7 Å². The maximum Gasteiger partial charge on any atom is 0.303 e. The predicted octanol–water partition coefficient (Wildman–Crippen LogP) is 0.536. The first-order valence-corrected chi connectivity index (χ1v) is 11.0. The Labute approximate surface area is 190 Å². The van der Waals surface area contributed by atoms with E-state index in [0.29, 0.717) is 13.0 Å². The van der Waals surface area contributed by atoms with Gasteiger partial charge < -0.3 is 14.7 Å². The monoisotopic (exact) mass is 455 g/mol. The molecule has 2 bridgehead atoms. The van der Waals surface area contributed by atoms with Gasteiger partial charge >= 0.3 is 5.97 Å². The van der Waals surface area contributed by atoms with Crippen LogP contribution in [-0.4, -0.2) is 95.6 Å². The molecular weight excluding hydrogens is 422 g/mol. The summed E-state index contributed by atoms with van der Waals surface area (Å²) >= 11 is 0. The summed E-state index contributed by atoms with van der Waals surface area (Å²) in [7, 11) is 2.07. The van der Waals surface area contributed by atoms with Gasteiger partial charge in [0.25, 0.3) is 0 Å². The number of rotatable bonds is 5. The van der Waals surface area contributed by atoms with Crippen molar-refractivity contribution in [1.29, 1.82) is 0 Å². The molecule has 0 aromatic rings. The second-order valence-corrected chi connectivity index (χ2v) is 9.69. The molecule has 2 aliphatic heterocycles. The van der Waals surface area contributed by atoms with Crippen molar-refractivity contribution in [2.45, 2.75) is 38.9 Å². The standard InChI is InChI=1S/C22H33N3O5.ClH/c1-13-9-22(30-15(3)26)10-14(2)17(13)18-19(22)21(29)25(20(18)28)12-16(27)11-24-7-5-23(4)6-8-24;/h9,14,16-19,27H,5-8,10-12H2,1-4H3;1H. The number of halogens is 1. The highest BCUT2D eigenvalue weighted by Crippen LogP contribution is 2.58. The maximum atomic E-state index is 13.4. The summed E-state index contributed by atoms with van der Waals surface area (Å²) in [5.41, 5.74) is -0.0456. The van der Waals surface area contributed by atoms with Gasteiger partial charge in [-0.2, -0.15) is 0 Å². The molecule has 31 heavy (non-hydrogen) atoms. The van der Waals surface area contributed by atoms with Gasteiger partial charge in [0.15, 0.2) is 0 Å². The van der Waals surface area contributed by atoms with E-state index in [0.717, 1.165) is 31.8 Å². The highest BCUT2D eigenvalue weighted by molar-refractivity contribution is 6.07. The Morgan fingerprint density at radius 3 is 2.42 bits per heavy atom. The number of carbonyl (C=O) groups is 3. The molecule has 3 fully saturated rings. The number of esters is 1. The number of carbonyl (C=O) groups excluding carboxylic acids is 3. The van der Waals surface area contributed by atoms with Crippen LogP contribution >= 0.6 is 12.4 Å². The Hall–Kier alpha value is -1.48. The summed E-state index contributed by atoms with van der Waals surface area (Å²) < 4.78 is 5.73. The third-order valence-corrected chi connectivity index (χ3v) is 7.40. The molecule has 0 aromatic heterocycles. The summed E-state index contributed by atoms with van der Waals surface area (Å²) in [6.45, 7) is 9.38. The van der Waals surface area contributed by atoms with Crippen molar-refractivity contribution in [2.24, 2.45) is 23.7 Å². The lowest BCUT2D eigenvalue weighted by Gasteiger charge is -2.52. The molecule has 2 heterocycles. The predicted molar refractivity (Wildman–Crippen MR) is 116 cm³/mol. The van der Waals surface area contributed by atoms with Crippen LogP contribution in [0.3, 0.4) is 0 Å². The van der Waals surface area contributed by atoms with E-state index in [-0.39, 0.29) is 42.6 Å². The first-order chi connectivity index (χ1) is 14.1. The third kappa shape index (κ3) is 4.15. The number of aliphatic hydroxyl groups excluding tert-OH is 1. The molecule has 0 spiro atoms. The van der Waals surface area contributed by atoms with Gasteiger partial charge in [0, 0.05) is 39.6 Å². The maximum absolute atomic E-state index is 13.4. The van der Waals surface area contributed by atoms with Crippen LogP contribution in [0.15, 0.2) is 11.6 Å². The number of aliphatic hydroxyl groups is 1. The number of likely N-dealkylation sites (tertiary alicyclic amines) is 1. The number of piperazine rings is 1. The second kappa shape index (κ2) is 8.81. The van der Waals surface area contributed by atoms with Gasteiger partial charge in [-0.3, -0.25) is 24.2 Å². The van der Waals surface area contributed by atoms with Gasteiger partial charge in [-0.15, -0.1) is 12.4 Å². The van der Waals surface area contributed by atoms with Crippen LogP contribution < -0.4 is 0 Å².